The molecule has 3 nitrogen and oxygen atoms in total. The third-order valence-corrected chi connectivity index (χ3v) is 6.17. The minimum atomic E-state index is -0.159. The van der Waals surface area contributed by atoms with Crippen LogP contribution in [-0.4, -0.2) is 23.2 Å². The number of hydrogen-bond acceptors (Lipinski definition) is 2. The molecule has 2 aliphatic carbocycles. The van der Waals surface area contributed by atoms with Crippen molar-refractivity contribution in [1.82, 2.24) is 5.32 Å². The molecule has 2 fully saturated rings. The maximum atomic E-state index is 12.8. The number of aryl methyl sites for hydroxylation is 1. The smallest absolute Gasteiger partial charge is 0.223 e. The number of hydrogen-bond donors (Lipinski definition) is 2. The Morgan fingerprint density at radius 3 is 2.48 bits per heavy atom. The van der Waals surface area contributed by atoms with Gasteiger partial charge in [-0.05, 0) is 69.3 Å². The van der Waals surface area contributed by atoms with Gasteiger partial charge in [-0.2, -0.15) is 0 Å². The van der Waals surface area contributed by atoms with Crippen LogP contribution in [0.5, 0.6) is 0 Å². The second-order valence-electron chi connectivity index (χ2n) is 8.04. The molecular weight excluding hydrogens is 310 g/mol. The van der Waals surface area contributed by atoms with Crippen molar-refractivity contribution in [3.8, 4) is 0 Å². The van der Waals surface area contributed by atoms with Crippen LogP contribution in [0.25, 0.3) is 0 Å². The molecule has 2 atom stereocenters. The molecule has 0 saturated heterocycles. The van der Waals surface area contributed by atoms with E-state index in [1.807, 2.05) is 0 Å². The van der Waals surface area contributed by atoms with Crippen molar-refractivity contribution in [2.75, 3.05) is 0 Å². The molecule has 0 aromatic heterocycles. The molecule has 2 aliphatic rings. The zero-order valence-corrected chi connectivity index (χ0v) is 15.3. The largest absolute Gasteiger partial charge is 0.393 e. The third kappa shape index (κ3) is 5.57. The first-order valence-electron chi connectivity index (χ1n) is 10.2. The lowest BCUT2D eigenvalue weighted by Gasteiger charge is -2.33. The van der Waals surface area contributed by atoms with Gasteiger partial charge in [0, 0.05) is 12.0 Å². The zero-order valence-electron chi connectivity index (χ0n) is 15.3. The number of carbonyl (C=O) groups excluding carboxylic acids is 1. The molecule has 0 bridgehead atoms. The monoisotopic (exact) mass is 343 g/mol. The molecule has 1 amide bonds. The van der Waals surface area contributed by atoms with E-state index < -0.39 is 0 Å². The minimum absolute atomic E-state index is 0.159. The van der Waals surface area contributed by atoms with Crippen LogP contribution in [0, 0.1) is 11.8 Å². The number of carbonyl (C=O) groups is 1. The average Bonchev–Trinajstić information content (AvgIpc) is 2.65. The predicted molar refractivity (Wildman–Crippen MR) is 101 cm³/mol. The summed E-state index contributed by atoms with van der Waals surface area (Å²) < 4.78 is 0. The van der Waals surface area contributed by atoms with Gasteiger partial charge in [0.05, 0.1) is 6.10 Å². The van der Waals surface area contributed by atoms with Crippen LogP contribution in [0.3, 0.4) is 0 Å². The van der Waals surface area contributed by atoms with Crippen LogP contribution in [0.4, 0.5) is 0 Å². The second kappa shape index (κ2) is 9.38. The molecule has 3 rings (SSSR count). The van der Waals surface area contributed by atoms with E-state index in [1.54, 1.807) is 0 Å². The maximum absolute atomic E-state index is 12.8. The van der Waals surface area contributed by atoms with E-state index >= 15 is 0 Å². The molecule has 0 radical (unpaired) electrons. The Balaban J connectivity index is 1.47. The average molecular weight is 344 g/mol. The van der Waals surface area contributed by atoms with Gasteiger partial charge in [-0.3, -0.25) is 4.79 Å². The highest BCUT2D eigenvalue weighted by Crippen LogP contribution is 2.34. The summed E-state index contributed by atoms with van der Waals surface area (Å²) in [5, 5.41) is 12.9. The molecule has 1 aromatic carbocycles. The van der Waals surface area contributed by atoms with E-state index in [2.05, 4.69) is 35.6 Å². The summed E-state index contributed by atoms with van der Waals surface area (Å²) in [7, 11) is 0. The maximum Gasteiger partial charge on any atom is 0.223 e. The first kappa shape index (κ1) is 18.4. The summed E-state index contributed by atoms with van der Waals surface area (Å²) >= 11 is 0. The third-order valence-electron chi connectivity index (χ3n) is 6.17. The van der Waals surface area contributed by atoms with Gasteiger partial charge in [-0.25, -0.2) is 0 Å². The number of benzene rings is 1. The molecule has 2 N–H and O–H groups in total. The zero-order chi connectivity index (χ0) is 17.5. The van der Waals surface area contributed by atoms with E-state index in [-0.39, 0.29) is 24.0 Å². The lowest BCUT2D eigenvalue weighted by atomic mass is 9.76. The van der Waals surface area contributed by atoms with Gasteiger partial charge in [0.1, 0.15) is 0 Å². The number of aliphatic hydroxyl groups is 1. The molecule has 0 aliphatic heterocycles. The second-order valence-corrected chi connectivity index (χ2v) is 8.04. The normalized spacial score (nSPS) is 30.0. The van der Waals surface area contributed by atoms with Gasteiger partial charge in [0.15, 0.2) is 0 Å². The van der Waals surface area contributed by atoms with Crippen molar-refractivity contribution in [3.05, 3.63) is 35.9 Å². The van der Waals surface area contributed by atoms with Gasteiger partial charge < -0.3 is 10.4 Å². The number of rotatable bonds is 6. The van der Waals surface area contributed by atoms with Crippen LogP contribution in [0.1, 0.15) is 69.8 Å². The Labute approximate surface area is 152 Å². The van der Waals surface area contributed by atoms with Crippen LogP contribution in [-0.2, 0) is 11.2 Å². The van der Waals surface area contributed by atoms with Crippen LogP contribution in [0.2, 0.25) is 0 Å². The lowest BCUT2D eigenvalue weighted by Crippen LogP contribution is -2.44. The SMILES string of the molecule is O=C(NC1CCC(O)CC1)C1CCCCC1CCCc1ccccc1. The number of aliphatic hydroxyl groups excluding tert-OH is 1. The molecule has 2 saturated carbocycles. The van der Waals surface area contributed by atoms with Gasteiger partial charge in [-0.1, -0.05) is 43.2 Å². The Bertz CT molecular complexity index is 522. The standard InChI is InChI=1S/C22H33NO2/c24-20-15-13-19(14-16-20)23-22(25)21-12-5-4-10-18(21)11-6-9-17-7-2-1-3-8-17/h1-3,7-8,18-21,24H,4-6,9-16H2,(H,23,25). The van der Waals surface area contributed by atoms with Gasteiger partial charge in [-0.15, -0.1) is 0 Å². The molecule has 2 unspecified atom stereocenters. The summed E-state index contributed by atoms with van der Waals surface area (Å²) in [6, 6.07) is 10.9. The fourth-order valence-corrected chi connectivity index (χ4v) is 4.64. The first-order chi connectivity index (χ1) is 12.2. The Morgan fingerprint density at radius 2 is 1.72 bits per heavy atom. The fourth-order valence-electron chi connectivity index (χ4n) is 4.64. The first-order valence-corrected chi connectivity index (χ1v) is 10.2. The highest BCUT2D eigenvalue weighted by atomic mass is 16.3. The summed E-state index contributed by atoms with van der Waals surface area (Å²) in [6.07, 6.45) is 11.5. The van der Waals surface area contributed by atoms with Crippen molar-refractivity contribution < 1.29 is 9.90 Å². The Hall–Kier alpha value is -1.35. The van der Waals surface area contributed by atoms with E-state index in [9.17, 15) is 9.90 Å². The van der Waals surface area contributed by atoms with Gasteiger partial charge in [0.2, 0.25) is 5.91 Å². The predicted octanol–water partition coefficient (Wildman–Crippen LogP) is 4.24. The molecule has 3 heteroatoms. The van der Waals surface area contributed by atoms with E-state index in [4.69, 9.17) is 0 Å². The quantitative estimate of drug-likeness (QED) is 0.812. The minimum Gasteiger partial charge on any atom is -0.393 e. The summed E-state index contributed by atoms with van der Waals surface area (Å²) in [5.41, 5.74) is 1.40. The molecule has 0 spiro atoms. The molecule has 1 aromatic rings. The van der Waals surface area contributed by atoms with E-state index in [1.165, 1.54) is 31.2 Å². The van der Waals surface area contributed by atoms with Crippen molar-refractivity contribution in [2.24, 2.45) is 11.8 Å². The summed E-state index contributed by atoms with van der Waals surface area (Å²) in [6.45, 7) is 0. The van der Waals surface area contributed by atoms with Crippen molar-refractivity contribution in [1.29, 1.82) is 0 Å². The van der Waals surface area contributed by atoms with Crippen molar-refractivity contribution >= 4 is 5.91 Å². The topological polar surface area (TPSA) is 49.3 Å². The van der Waals surface area contributed by atoms with Crippen LogP contribution >= 0.6 is 0 Å². The van der Waals surface area contributed by atoms with Gasteiger partial charge in [0.25, 0.3) is 0 Å². The van der Waals surface area contributed by atoms with E-state index in [0.29, 0.717) is 5.92 Å². The highest BCUT2D eigenvalue weighted by Gasteiger charge is 2.32. The lowest BCUT2D eigenvalue weighted by molar-refractivity contribution is -0.129. The summed E-state index contributed by atoms with van der Waals surface area (Å²) in [4.78, 5) is 12.8. The summed E-state index contributed by atoms with van der Waals surface area (Å²) in [5.74, 6) is 1.04. The fraction of sp³-hybridized carbons (Fsp3) is 0.682. The van der Waals surface area contributed by atoms with Crippen LogP contribution in [0.15, 0.2) is 30.3 Å². The highest BCUT2D eigenvalue weighted by molar-refractivity contribution is 5.79. The number of amides is 1. The Morgan fingerprint density at radius 1 is 1.00 bits per heavy atom. The molecule has 138 valence electrons. The van der Waals surface area contributed by atoms with Crippen molar-refractivity contribution in [2.45, 2.75) is 82.8 Å². The molecule has 25 heavy (non-hydrogen) atoms. The Kier molecular flexibility index (Phi) is 6.92. The number of nitrogens with one attached hydrogen (secondary N) is 1. The van der Waals surface area contributed by atoms with E-state index in [0.717, 1.165) is 44.9 Å². The van der Waals surface area contributed by atoms with Crippen molar-refractivity contribution in [3.63, 3.8) is 0 Å². The van der Waals surface area contributed by atoms with Crippen LogP contribution < -0.4 is 5.32 Å². The molecule has 0 heterocycles. The van der Waals surface area contributed by atoms with Gasteiger partial charge >= 0.3 is 0 Å². The molecular formula is C22H33NO2.